The van der Waals surface area contributed by atoms with Gasteiger partial charge in [0, 0.05) is 4.47 Å². The van der Waals surface area contributed by atoms with E-state index in [1.807, 2.05) is 11.4 Å². The summed E-state index contributed by atoms with van der Waals surface area (Å²) >= 11 is 4.66. The zero-order valence-corrected chi connectivity index (χ0v) is 7.54. The molecule has 3 heteroatoms. The van der Waals surface area contributed by atoms with Gasteiger partial charge in [0.05, 0.1) is 4.88 Å². The van der Waals surface area contributed by atoms with Gasteiger partial charge in [-0.15, -0.1) is 11.3 Å². The molecule has 0 aliphatic carbocycles. The third-order valence-corrected chi connectivity index (χ3v) is 2.88. The maximum Gasteiger partial charge on any atom is 0.196 e. The minimum Gasteiger partial charge on any atom is -0.288 e. The molecule has 0 saturated carbocycles. The van der Waals surface area contributed by atoms with E-state index in [1.54, 1.807) is 0 Å². The van der Waals surface area contributed by atoms with Gasteiger partial charge < -0.3 is 0 Å². The van der Waals surface area contributed by atoms with Crippen LogP contribution >= 0.6 is 27.3 Å². The SMILES string of the molecule is C=CC(=O)c1sccc1Br. The molecule has 0 unspecified atom stereocenters. The van der Waals surface area contributed by atoms with Gasteiger partial charge in [0.1, 0.15) is 0 Å². The molecule has 0 radical (unpaired) electrons. The second-order valence-corrected chi connectivity index (χ2v) is 3.44. The molecular formula is C7H5BrOS. The lowest BCUT2D eigenvalue weighted by molar-refractivity contribution is 0.105. The molecule has 0 saturated heterocycles. The summed E-state index contributed by atoms with van der Waals surface area (Å²) in [6.45, 7) is 3.39. The third kappa shape index (κ3) is 1.36. The molecule has 0 amide bonds. The summed E-state index contributed by atoms with van der Waals surface area (Å²) in [7, 11) is 0. The highest BCUT2D eigenvalue weighted by atomic mass is 79.9. The van der Waals surface area contributed by atoms with Crippen molar-refractivity contribution in [3.05, 3.63) is 33.5 Å². The molecule has 1 heterocycles. The Labute approximate surface area is 71.5 Å². The molecule has 0 N–H and O–H groups in total. The van der Waals surface area contributed by atoms with E-state index in [4.69, 9.17) is 0 Å². The summed E-state index contributed by atoms with van der Waals surface area (Å²) in [6, 6.07) is 1.85. The van der Waals surface area contributed by atoms with Crippen molar-refractivity contribution >= 4 is 33.0 Å². The summed E-state index contributed by atoms with van der Waals surface area (Å²) in [5.41, 5.74) is 0. The number of halogens is 1. The van der Waals surface area contributed by atoms with Gasteiger partial charge in [0.2, 0.25) is 0 Å². The van der Waals surface area contributed by atoms with Crippen molar-refractivity contribution in [1.29, 1.82) is 0 Å². The number of hydrogen-bond acceptors (Lipinski definition) is 2. The number of carbonyl (C=O) groups is 1. The van der Waals surface area contributed by atoms with Gasteiger partial charge >= 0.3 is 0 Å². The minimum atomic E-state index is -0.0260. The number of carbonyl (C=O) groups excluding carboxylic acids is 1. The highest BCUT2D eigenvalue weighted by Crippen LogP contribution is 2.22. The van der Waals surface area contributed by atoms with E-state index in [2.05, 4.69) is 22.5 Å². The maximum atomic E-state index is 11.0. The number of hydrogen-bond donors (Lipinski definition) is 0. The van der Waals surface area contributed by atoms with E-state index < -0.39 is 0 Å². The molecule has 52 valence electrons. The monoisotopic (exact) mass is 216 g/mol. The van der Waals surface area contributed by atoms with Gasteiger partial charge in [-0.25, -0.2) is 0 Å². The zero-order chi connectivity index (χ0) is 7.56. The Morgan fingerprint density at radius 1 is 1.80 bits per heavy atom. The average molecular weight is 217 g/mol. The lowest BCUT2D eigenvalue weighted by Gasteiger charge is -1.87. The molecule has 1 rings (SSSR count). The molecular weight excluding hydrogens is 212 g/mol. The molecule has 10 heavy (non-hydrogen) atoms. The van der Waals surface area contributed by atoms with E-state index in [0.717, 1.165) is 9.35 Å². The largest absolute Gasteiger partial charge is 0.288 e. The quantitative estimate of drug-likeness (QED) is 0.549. The first kappa shape index (κ1) is 7.69. The van der Waals surface area contributed by atoms with Gasteiger partial charge in [-0.2, -0.15) is 0 Å². The second kappa shape index (κ2) is 3.12. The molecule has 0 aliphatic heterocycles. The van der Waals surface area contributed by atoms with Crippen molar-refractivity contribution in [3.63, 3.8) is 0 Å². The fraction of sp³-hybridized carbons (Fsp3) is 0. The Morgan fingerprint density at radius 2 is 2.50 bits per heavy atom. The van der Waals surface area contributed by atoms with Crippen LogP contribution in [-0.4, -0.2) is 5.78 Å². The third-order valence-electron chi connectivity index (χ3n) is 1.03. The summed E-state index contributed by atoms with van der Waals surface area (Å²) < 4.78 is 0.849. The predicted molar refractivity (Wildman–Crippen MR) is 46.5 cm³/mol. The molecule has 0 fully saturated rings. The van der Waals surface area contributed by atoms with Crippen LogP contribution in [0, 0.1) is 0 Å². The Morgan fingerprint density at radius 3 is 2.90 bits per heavy atom. The molecule has 0 atom stereocenters. The highest BCUT2D eigenvalue weighted by Gasteiger charge is 2.06. The Balaban J connectivity index is 3.04. The van der Waals surface area contributed by atoms with Crippen molar-refractivity contribution in [1.82, 2.24) is 0 Å². The fourth-order valence-electron chi connectivity index (χ4n) is 0.562. The first-order valence-electron chi connectivity index (χ1n) is 2.65. The zero-order valence-electron chi connectivity index (χ0n) is 5.13. The van der Waals surface area contributed by atoms with E-state index in [-0.39, 0.29) is 5.78 Å². The van der Waals surface area contributed by atoms with E-state index in [9.17, 15) is 4.79 Å². The summed E-state index contributed by atoms with van der Waals surface area (Å²) in [4.78, 5) is 11.7. The minimum absolute atomic E-state index is 0.0260. The molecule has 1 aromatic heterocycles. The first-order chi connectivity index (χ1) is 4.75. The topological polar surface area (TPSA) is 17.1 Å². The van der Waals surface area contributed by atoms with Crippen molar-refractivity contribution in [2.45, 2.75) is 0 Å². The van der Waals surface area contributed by atoms with Crippen LogP contribution in [0.4, 0.5) is 0 Å². The Kier molecular flexibility index (Phi) is 2.40. The van der Waals surface area contributed by atoms with E-state index in [1.165, 1.54) is 17.4 Å². The number of allylic oxidation sites excluding steroid dienone is 1. The van der Waals surface area contributed by atoms with Gasteiger partial charge in [-0.05, 0) is 33.5 Å². The number of thiophene rings is 1. The van der Waals surface area contributed by atoms with Crippen molar-refractivity contribution < 1.29 is 4.79 Å². The van der Waals surface area contributed by atoms with Crippen LogP contribution in [-0.2, 0) is 0 Å². The van der Waals surface area contributed by atoms with Gasteiger partial charge in [-0.1, -0.05) is 6.58 Å². The predicted octanol–water partition coefficient (Wildman–Crippen LogP) is 2.88. The molecule has 0 aliphatic rings. The summed E-state index contributed by atoms with van der Waals surface area (Å²) in [5.74, 6) is -0.0260. The smallest absolute Gasteiger partial charge is 0.196 e. The number of ketones is 1. The summed E-state index contributed by atoms with van der Waals surface area (Å²) in [6.07, 6.45) is 1.32. The van der Waals surface area contributed by atoms with Crippen LogP contribution in [0.5, 0.6) is 0 Å². The standard InChI is InChI=1S/C7H5BrOS/c1-2-6(9)7-5(8)3-4-10-7/h2-4H,1H2. The van der Waals surface area contributed by atoms with Crippen LogP contribution in [0.3, 0.4) is 0 Å². The van der Waals surface area contributed by atoms with Gasteiger partial charge in [0.25, 0.3) is 0 Å². The first-order valence-corrected chi connectivity index (χ1v) is 4.32. The summed E-state index contributed by atoms with van der Waals surface area (Å²) in [5, 5.41) is 1.86. The van der Waals surface area contributed by atoms with Crippen LogP contribution < -0.4 is 0 Å². The average Bonchev–Trinajstić information content (AvgIpc) is 2.34. The van der Waals surface area contributed by atoms with Crippen LogP contribution in [0.1, 0.15) is 9.67 Å². The van der Waals surface area contributed by atoms with Crippen LogP contribution in [0.25, 0.3) is 0 Å². The van der Waals surface area contributed by atoms with E-state index >= 15 is 0 Å². The molecule has 1 aromatic rings. The second-order valence-electron chi connectivity index (χ2n) is 1.67. The molecule has 1 nitrogen and oxygen atoms in total. The van der Waals surface area contributed by atoms with Crippen molar-refractivity contribution in [2.24, 2.45) is 0 Å². The van der Waals surface area contributed by atoms with Crippen molar-refractivity contribution in [2.75, 3.05) is 0 Å². The number of rotatable bonds is 2. The van der Waals surface area contributed by atoms with Crippen molar-refractivity contribution in [3.8, 4) is 0 Å². The lowest BCUT2D eigenvalue weighted by Crippen LogP contribution is -1.88. The Hall–Kier alpha value is -0.410. The normalized spacial score (nSPS) is 9.30. The molecule has 0 bridgehead atoms. The van der Waals surface area contributed by atoms with E-state index in [0.29, 0.717) is 0 Å². The van der Waals surface area contributed by atoms with Crippen LogP contribution in [0.15, 0.2) is 28.6 Å². The van der Waals surface area contributed by atoms with Gasteiger partial charge in [0.15, 0.2) is 5.78 Å². The maximum absolute atomic E-state index is 11.0. The Bertz CT molecular complexity index is 264. The highest BCUT2D eigenvalue weighted by molar-refractivity contribution is 9.10. The fourth-order valence-corrected chi connectivity index (χ4v) is 2.07. The molecule has 0 aromatic carbocycles. The van der Waals surface area contributed by atoms with Crippen LogP contribution in [0.2, 0.25) is 0 Å². The lowest BCUT2D eigenvalue weighted by atomic mass is 10.3. The van der Waals surface area contributed by atoms with Gasteiger partial charge in [-0.3, -0.25) is 4.79 Å². The molecule has 0 spiro atoms.